The highest BCUT2D eigenvalue weighted by molar-refractivity contribution is 7.83. The number of benzene rings is 1. The lowest BCUT2D eigenvalue weighted by Gasteiger charge is -2.16. The SMILES string of the molecule is CS(=O)Cc1cc(Nc2cc(NC3CC3)n3ncc(C#N)c3n2)ccc1OCC1(N)CC1.O=C(O)C(F)(F)F. The predicted octanol–water partition coefficient (Wildman–Crippen LogP) is 3.30. The summed E-state index contributed by atoms with van der Waals surface area (Å²) in [6, 6.07) is 10.1. The number of carboxylic acids is 1. The molecule has 2 fully saturated rings. The molecule has 39 heavy (non-hydrogen) atoms. The second kappa shape index (κ2) is 11.1. The Bertz CT molecular complexity index is 1450. The van der Waals surface area contributed by atoms with E-state index in [-0.39, 0.29) is 5.54 Å². The molecule has 208 valence electrons. The quantitative estimate of drug-likeness (QED) is 0.302. The number of carboxylic acid groups (broad SMARTS) is 1. The molecule has 2 aliphatic carbocycles. The van der Waals surface area contributed by atoms with Crippen molar-refractivity contribution in [1.29, 1.82) is 5.26 Å². The molecule has 11 nitrogen and oxygen atoms in total. The lowest BCUT2D eigenvalue weighted by atomic mass is 10.2. The fourth-order valence-electron chi connectivity index (χ4n) is 3.45. The Labute approximate surface area is 223 Å². The van der Waals surface area contributed by atoms with Gasteiger partial charge in [-0.25, -0.2) is 9.78 Å². The van der Waals surface area contributed by atoms with Crippen molar-refractivity contribution >= 4 is 39.7 Å². The van der Waals surface area contributed by atoms with E-state index in [0.29, 0.717) is 41.2 Å². The molecule has 5 rings (SSSR count). The maximum absolute atomic E-state index is 11.9. The second-order valence-electron chi connectivity index (χ2n) is 9.47. The minimum atomic E-state index is -5.08. The molecule has 2 heterocycles. The van der Waals surface area contributed by atoms with Gasteiger partial charge in [0.2, 0.25) is 0 Å². The van der Waals surface area contributed by atoms with Crippen LogP contribution in [0.4, 0.5) is 30.5 Å². The van der Waals surface area contributed by atoms with Crippen molar-refractivity contribution in [3.63, 3.8) is 0 Å². The van der Waals surface area contributed by atoms with Crippen LogP contribution >= 0.6 is 0 Å². The molecule has 1 unspecified atom stereocenters. The number of hydrogen-bond donors (Lipinski definition) is 4. The Morgan fingerprint density at radius 2 is 2.05 bits per heavy atom. The number of halogens is 3. The van der Waals surface area contributed by atoms with E-state index in [0.717, 1.165) is 42.8 Å². The number of alkyl halides is 3. The van der Waals surface area contributed by atoms with Gasteiger partial charge in [0.1, 0.15) is 35.6 Å². The van der Waals surface area contributed by atoms with E-state index in [2.05, 4.69) is 26.8 Å². The van der Waals surface area contributed by atoms with Crippen LogP contribution in [0, 0.1) is 11.3 Å². The summed E-state index contributed by atoms with van der Waals surface area (Å²) < 4.78 is 51.3. The Balaban J connectivity index is 0.000000448. The first kappa shape index (κ1) is 28.1. The van der Waals surface area contributed by atoms with Gasteiger partial charge in [-0.05, 0) is 43.9 Å². The summed E-state index contributed by atoms with van der Waals surface area (Å²) in [6.07, 6.45) is 2.27. The molecule has 0 amide bonds. The van der Waals surface area contributed by atoms with Gasteiger partial charge in [0.15, 0.2) is 5.65 Å². The van der Waals surface area contributed by atoms with Gasteiger partial charge in [-0.2, -0.15) is 28.0 Å². The summed E-state index contributed by atoms with van der Waals surface area (Å²) in [5.74, 6) is -0.301. The molecule has 1 atom stereocenters. The molecular formula is C24H26F3N7O4S. The maximum atomic E-state index is 11.9. The zero-order valence-corrected chi connectivity index (χ0v) is 21.6. The Hall–Kier alpha value is -3.90. The zero-order chi connectivity index (χ0) is 28.4. The Kier molecular flexibility index (Phi) is 7.98. The van der Waals surface area contributed by atoms with Crippen LogP contribution in [0.3, 0.4) is 0 Å². The number of fused-ring (bicyclic) bond motifs is 1. The molecule has 2 aliphatic rings. The summed E-state index contributed by atoms with van der Waals surface area (Å²) >= 11 is 0. The van der Waals surface area contributed by atoms with E-state index in [1.807, 2.05) is 24.3 Å². The molecule has 0 bridgehead atoms. The van der Waals surface area contributed by atoms with E-state index in [1.165, 1.54) is 6.20 Å². The average molecular weight is 566 g/mol. The van der Waals surface area contributed by atoms with E-state index >= 15 is 0 Å². The minimum absolute atomic E-state index is 0.229. The van der Waals surface area contributed by atoms with Crippen LogP contribution in [0.1, 0.15) is 36.8 Å². The van der Waals surface area contributed by atoms with Gasteiger partial charge in [0, 0.05) is 40.4 Å². The molecule has 2 aromatic heterocycles. The van der Waals surface area contributed by atoms with Crippen LogP contribution in [0.2, 0.25) is 0 Å². The van der Waals surface area contributed by atoms with Crippen molar-refractivity contribution in [3.8, 4) is 11.8 Å². The monoisotopic (exact) mass is 565 g/mol. The maximum Gasteiger partial charge on any atom is 0.490 e. The molecule has 0 aliphatic heterocycles. The number of aromatic nitrogens is 3. The summed E-state index contributed by atoms with van der Waals surface area (Å²) in [6.45, 7) is 0.454. The molecule has 15 heteroatoms. The van der Waals surface area contributed by atoms with Crippen molar-refractivity contribution in [2.75, 3.05) is 23.5 Å². The second-order valence-corrected chi connectivity index (χ2v) is 10.9. The minimum Gasteiger partial charge on any atom is -0.491 e. The van der Waals surface area contributed by atoms with Crippen LogP contribution in [0.25, 0.3) is 5.65 Å². The highest BCUT2D eigenvalue weighted by Gasteiger charge is 2.39. The van der Waals surface area contributed by atoms with Crippen LogP contribution in [-0.4, -0.2) is 60.5 Å². The summed E-state index contributed by atoms with van der Waals surface area (Å²) in [5.41, 5.74) is 8.46. The van der Waals surface area contributed by atoms with Crippen LogP contribution < -0.4 is 21.1 Å². The molecule has 0 radical (unpaired) electrons. The van der Waals surface area contributed by atoms with Crippen molar-refractivity contribution in [2.45, 2.75) is 49.2 Å². The third-order valence-electron chi connectivity index (χ3n) is 5.86. The number of ether oxygens (including phenoxy) is 1. The summed E-state index contributed by atoms with van der Waals surface area (Å²) in [7, 11) is -1.02. The molecule has 3 aromatic rings. The van der Waals surface area contributed by atoms with Gasteiger partial charge < -0.3 is 26.2 Å². The lowest BCUT2D eigenvalue weighted by molar-refractivity contribution is -0.192. The molecule has 0 saturated heterocycles. The van der Waals surface area contributed by atoms with Crippen molar-refractivity contribution in [2.24, 2.45) is 5.73 Å². The van der Waals surface area contributed by atoms with E-state index in [1.54, 1.807) is 10.8 Å². The number of carbonyl (C=O) groups is 1. The first-order chi connectivity index (χ1) is 18.4. The lowest BCUT2D eigenvalue weighted by Crippen LogP contribution is -2.30. The zero-order valence-electron chi connectivity index (χ0n) is 20.8. The first-order valence-electron chi connectivity index (χ1n) is 11.8. The smallest absolute Gasteiger partial charge is 0.490 e. The highest BCUT2D eigenvalue weighted by Crippen LogP contribution is 2.34. The van der Waals surface area contributed by atoms with Gasteiger partial charge in [0.05, 0.1) is 17.5 Å². The fraction of sp³-hybridized carbons (Fsp3) is 0.417. The van der Waals surface area contributed by atoms with Crippen molar-refractivity contribution < 1.29 is 32.0 Å². The topological polar surface area (TPSA) is 168 Å². The Morgan fingerprint density at radius 3 is 2.62 bits per heavy atom. The van der Waals surface area contributed by atoms with E-state index in [4.69, 9.17) is 20.4 Å². The summed E-state index contributed by atoms with van der Waals surface area (Å²) in [4.78, 5) is 13.5. The fourth-order valence-corrected chi connectivity index (χ4v) is 4.11. The number of hydrogen-bond acceptors (Lipinski definition) is 9. The number of nitrogens with zero attached hydrogens (tertiary/aromatic N) is 4. The number of nitrogens with two attached hydrogens (primary N) is 1. The molecular weight excluding hydrogens is 539 g/mol. The van der Waals surface area contributed by atoms with Gasteiger partial charge in [-0.15, -0.1) is 0 Å². The van der Waals surface area contributed by atoms with Crippen molar-refractivity contribution in [3.05, 3.63) is 41.6 Å². The Morgan fingerprint density at radius 1 is 1.36 bits per heavy atom. The largest absolute Gasteiger partial charge is 0.491 e. The normalized spacial score (nSPS) is 16.4. The van der Waals surface area contributed by atoms with Gasteiger partial charge in [-0.3, -0.25) is 4.21 Å². The number of rotatable bonds is 9. The van der Waals surface area contributed by atoms with E-state index in [9.17, 15) is 22.6 Å². The van der Waals surface area contributed by atoms with Crippen molar-refractivity contribution in [1.82, 2.24) is 14.6 Å². The number of nitrogens with one attached hydrogen (secondary N) is 2. The molecule has 1 aromatic carbocycles. The molecule has 0 spiro atoms. The highest BCUT2D eigenvalue weighted by atomic mass is 32.2. The molecule has 5 N–H and O–H groups in total. The summed E-state index contributed by atoms with van der Waals surface area (Å²) in [5, 5.41) is 27.6. The number of nitriles is 1. The van der Waals surface area contributed by atoms with Crippen LogP contribution in [-0.2, 0) is 21.3 Å². The third-order valence-corrected chi connectivity index (χ3v) is 6.58. The number of aliphatic carboxylic acids is 1. The standard InChI is InChI=1S/C22H25N7O2S.C2HF3O2/c1-32(30)12-14-8-17(4-5-18(14)31-13-22(24)6-7-22)26-19-9-20(27-16-2-3-16)29-21(28-19)15(10-23)11-25-29;3-2(4,5)1(6)7/h4-5,8-9,11,16,27H,2-3,6-7,12-13,24H2,1H3,(H,26,28);(H,6,7). The third kappa shape index (κ3) is 7.58. The average Bonchev–Trinajstić information content (AvgIpc) is 3.77. The van der Waals surface area contributed by atoms with E-state index < -0.39 is 22.9 Å². The van der Waals surface area contributed by atoms with Gasteiger partial charge >= 0.3 is 12.1 Å². The van der Waals surface area contributed by atoms with Gasteiger partial charge in [0.25, 0.3) is 0 Å². The van der Waals surface area contributed by atoms with Gasteiger partial charge in [-0.1, -0.05) is 0 Å². The first-order valence-corrected chi connectivity index (χ1v) is 13.6. The predicted molar refractivity (Wildman–Crippen MR) is 137 cm³/mol. The number of anilines is 3. The molecule has 2 saturated carbocycles. The van der Waals surface area contributed by atoms with Crippen LogP contribution in [0.5, 0.6) is 5.75 Å². The van der Waals surface area contributed by atoms with Crippen LogP contribution in [0.15, 0.2) is 30.5 Å².